The molecule has 1 saturated carbocycles. The first-order chi connectivity index (χ1) is 16.6. The molecule has 8 heteroatoms. The molecule has 174 valence electrons. The number of amides is 2. The topological polar surface area (TPSA) is 96.6 Å². The van der Waals surface area contributed by atoms with Crippen LogP contribution in [0.1, 0.15) is 35.7 Å². The molecule has 1 aromatic carbocycles. The van der Waals surface area contributed by atoms with E-state index in [1.165, 1.54) is 0 Å². The monoisotopic (exact) mass is 458 g/mol. The zero-order valence-electron chi connectivity index (χ0n) is 19.0. The summed E-state index contributed by atoms with van der Waals surface area (Å²) in [7, 11) is 0. The molecular weight excluding hydrogens is 432 g/mol. The SMILES string of the molecule is CC1CN(C(=O)c2ccc3c(c2)OCCO3)CC=C1c1cc(NC(=O)C2CC2)nc2[nH]ccc12. The van der Waals surface area contributed by atoms with Gasteiger partial charge in [0.25, 0.3) is 5.91 Å². The third-order valence-electron chi connectivity index (χ3n) is 6.67. The Morgan fingerprint density at radius 1 is 1.12 bits per heavy atom. The van der Waals surface area contributed by atoms with Crippen LogP contribution in [0.25, 0.3) is 16.6 Å². The summed E-state index contributed by atoms with van der Waals surface area (Å²) in [6.45, 7) is 4.23. The van der Waals surface area contributed by atoms with E-state index in [-0.39, 0.29) is 23.7 Å². The average molecular weight is 459 g/mol. The summed E-state index contributed by atoms with van der Waals surface area (Å²) in [4.78, 5) is 35.1. The lowest BCUT2D eigenvalue weighted by atomic mass is 9.89. The summed E-state index contributed by atoms with van der Waals surface area (Å²) >= 11 is 0. The molecule has 4 heterocycles. The first-order valence-corrected chi connectivity index (χ1v) is 11.7. The number of pyridine rings is 1. The second-order valence-electron chi connectivity index (χ2n) is 9.19. The van der Waals surface area contributed by atoms with Crippen molar-refractivity contribution in [2.75, 3.05) is 31.6 Å². The number of H-pyrrole nitrogens is 1. The Labute approximate surface area is 196 Å². The van der Waals surface area contributed by atoms with Crippen LogP contribution in [0.4, 0.5) is 5.82 Å². The Kier molecular flexibility index (Phi) is 5.01. The van der Waals surface area contributed by atoms with Gasteiger partial charge in [-0.3, -0.25) is 9.59 Å². The van der Waals surface area contributed by atoms with Crippen molar-refractivity contribution in [1.29, 1.82) is 0 Å². The van der Waals surface area contributed by atoms with E-state index in [1.54, 1.807) is 18.2 Å². The molecule has 0 saturated heterocycles. The lowest BCUT2D eigenvalue weighted by Crippen LogP contribution is -2.38. The molecule has 2 aromatic heterocycles. The highest BCUT2D eigenvalue weighted by Crippen LogP contribution is 2.36. The van der Waals surface area contributed by atoms with Gasteiger partial charge in [-0.25, -0.2) is 4.98 Å². The highest BCUT2D eigenvalue weighted by Gasteiger charge is 2.31. The summed E-state index contributed by atoms with van der Waals surface area (Å²) in [5.41, 5.74) is 3.53. The smallest absolute Gasteiger partial charge is 0.254 e. The maximum atomic E-state index is 13.2. The van der Waals surface area contributed by atoms with Crippen LogP contribution in [0.3, 0.4) is 0 Å². The van der Waals surface area contributed by atoms with Crippen LogP contribution in [-0.4, -0.2) is 53.0 Å². The van der Waals surface area contributed by atoms with E-state index in [2.05, 4.69) is 28.3 Å². The molecule has 0 spiro atoms. The van der Waals surface area contributed by atoms with Crippen molar-refractivity contribution in [3.05, 3.63) is 53.7 Å². The summed E-state index contributed by atoms with van der Waals surface area (Å²) in [5, 5.41) is 3.98. The minimum absolute atomic E-state index is 0.0296. The van der Waals surface area contributed by atoms with Crippen LogP contribution in [0.15, 0.2) is 42.6 Å². The summed E-state index contributed by atoms with van der Waals surface area (Å²) in [6.07, 6.45) is 5.86. The maximum absolute atomic E-state index is 13.2. The van der Waals surface area contributed by atoms with Gasteiger partial charge < -0.3 is 24.7 Å². The van der Waals surface area contributed by atoms with Gasteiger partial charge in [-0.2, -0.15) is 0 Å². The van der Waals surface area contributed by atoms with Gasteiger partial charge in [-0.05, 0) is 60.2 Å². The summed E-state index contributed by atoms with van der Waals surface area (Å²) < 4.78 is 11.2. The van der Waals surface area contributed by atoms with Crippen LogP contribution in [0.2, 0.25) is 0 Å². The molecular formula is C26H26N4O4. The van der Waals surface area contributed by atoms with E-state index < -0.39 is 0 Å². The van der Waals surface area contributed by atoms with Gasteiger partial charge in [0.05, 0.1) is 0 Å². The van der Waals surface area contributed by atoms with Crippen LogP contribution >= 0.6 is 0 Å². The number of anilines is 1. The summed E-state index contributed by atoms with van der Waals surface area (Å²) in [6, 6.07) is 9.32. The predicted octanol–water partition coefficient (Wildman–Crippen LogP) is 3.86. The van der Waals surface area contributed by atoms with Crippen molar-refractivity contribution < 1.29 is 19.1 Å². The predicted molar refractivity (Wildman–Crippen MR) is 128 cm³/mol. The number of aromatic nitrogens is 2. The van der Waals surface area contributed by atoms with E-state index in [1.807, 2.05) is 23.2 Å². The number of fused-ring (bicyclic) bond motifs is 2. The van der Waals surface area contributed by atoms with Crippen LogP contribution < -0.4 is 14.8 Å². The number of nitrogens with one attached hydrogen (secondary N) is 2. The molecule has 2 amide bonds. The van der Waals surface area contributed by atoms with Gasteiger partial charge >= 0.3 is 0 Å². The second kappa shape index (κ2) is 8.20. The van der Waals surface area contributed by atoms with Crippen LogP contribution in [0, 0.1) is 11.8 Å². The molecule has 1 atom stereocenters. The van der Waals surface area contributed by atoms with Gasteiger partial charge in [0.1, 0.15) is 24.7 Å². The van der Waals surface area contributed by atoms with E-state index in [4.69, 9.17) is 9.47 Å². The van der Waals surface area contributed by atoms with Crippen molar-refractivity contribution in [2.45, 2.75) is 19.8 Å². The molecule has 0 radical (unpaired) electrons. The molecule has 1 unspecified atom stereocenters. The molecule has 1 fully saturated rings. The van der Waals surface area contributed by atoms with Gasteiger partial charge in [0, 0.05) is 36.2 Å². The zero-order chi connectivity index (χ0) is 23.2. The van der Waals surface area contributed by atoms with E-state index in [0.29, 0.717) is 49.2 Å². The van der Waals surface area contributed by atoms with Gasteiger partial charge in [-0.15, -0.1) is 0 Å². The number of hydrogen-bond acceptors (Lipinski definition) is 5. The molecule has 34 heavy (non-hydrogen) atoms. The number of ether oxygens (including phenoxy) is 2. The van der Waals surface area contributed by atoms with Crippen molar-refractivity contribution in [2.24, 2.45) is 11.8 Å². The van der Waals surface area contributed by atoms with E-state index in [0.717, 1.165) is 35.0 Å². The normalized spacial score (nSPS) is 19.6. The molecule has 3 aromatic rings. The molecule has 8 nitrogen and oxygen atoms in total. The van der Waals surface area contributed by atoms with Crippen LogP contribution in [-0.2, 0) is 4.79 Å². The standard InChI is InChI=1S/C26H26N4O4/c1-15-14-30(26(32)17-4-5-21-22(12-17)34-11-10-33-21)9-7-18(15)20-13-23(29-25(31)16-2-3-16)28-24-19(20)6-8-27-24/h4-8,12-13,15-16H,2-3,9-11,14H2,1H3,(H2,27,28,29,31). The third-order valence-corrected chi connectivity index (χ3v) is 6.67. The van der Waals surface area contributed by atoms with Gasteiger partial charge in [0.15, 0.2) is 11.5 Å². The largest absolute Gasteiger partial charge is 0.486 e. The van der Waals surface area contributed by atoms with Gasteiger partial charge in [0.2, 0.25) is 5.91 Å². The average Bonchev–Trinajstić information content (AvgIpc) is 3.60. The highest BCUT2D eigenvalue weighted by atomic mass is 16.6. The Bertz CT molecular complexity index is 1320. The number of hydrogen-bond donors (Lipinski definition) is 2. The number of rotatable bonds is 4. The fourth-order valence-electron chi connectivity index (χ4n) is 4.73. The third kappa shape index (κ3) is 3.79. The quantitative estimate of drug-likeness (QED) is 0.619. The lowest BCUT2D eigenvalue weighted by molar-refractivity contribution is -0.117. The Morgan fingerprint density at radius 3 is 2.74 bits per heavy atom. The maximum Gasteiger partial charge on any atom is 0.254 e. The van der Waals surface area contributed by atoms with Crippen molar-refractivity contribution in [3.63, 3.8) is 0 Å². The fraction of sp³-hybridized carbons (Fsp3) is 0.346. The lowest BCUT2D eigenvalue weighted by Gasteiger charge is -2.32. The Hall–Kier alpha value is -3.81. The molecule has 2 aliphatic heterocycles. The van der Waals surface area contributed by atoms with Crippen LogP contribution in [0.5, 0.6) is 11.5 Å². The number of carbonyl (C=O) groups is 2. The summed E-state index contributed by atoms with van der Waals surface area (Å²) in [5.74, 6) is 2.08. The highest BCUT2D eigenvalue weighted by molar-refractivity contribution is 5.98. The van der Waals surface area contributed by atoms with Crippen molar-refractivity contribution in [1.82, 2.24) is 14.9 Å². The Morgan fingerprint density at radius 2 is 1.94 bits per heavy atom. The number of aromatic amines is 1. The molecule has 3 aliphatic rings. The molecule has 0 bridgehead atoms. The zero-order valence-corrected chi connectivity index (χ0v) is 19.0. The number of nitrogens with zero attached hydrogens (tertiary/aromatic N) is 2. The van der Waals surface area contributed by atoms with E-state index in [9.17, 15) is 9.59 Å². The first kappa shape index (κ1) is 20.8. The van der Waals surface area contributed by atoms with E-state index >= 15 is 0 Å². The Balaban J connectivity index is 1.26. The second-order valence-corrected chi connectivity index (χ2v) is 9.19. The van der Waals surface area contributed by atoms with Crippen molar-refractivity contribution in [3.8, 4) is 11.5 Å². The molecule has 6 rings (SSSR count). The fourth-order valence-corrected chi connectivity index (χ4v) is 4.73. The van der Waals surface area contributed by atoms with Crippen molar-refractivity contribution >= 4 is 34.2 Å². The first-order valence-electron chi connectivity index (χ1n) is 11.7. The molecule has 2 N–H and O–H groups in total. The number of benzene rings is 1. The molecule has 1 aliphatic carbocycles. The number of carbonyl (C=O) groups excluding carboxylic acids is 2. The minimum Gasteiger partial charge on any atom is -0.486 e. The minimum atomic E-state index is -0.0296. The van der Waals surface area contributed by atoms with Gasteiger partial charge in [-0.1, -0.05) is 13.0 Å².